The SMILES string of the molecule is Cc1ccncc1CN(C)CCN1CCNCC1. The highest BCUT2D eigenvalue weighted by atomic mass is 15.2. The first kappa shape index (κ1) is 13.5. The number of hydrogen-bond acceptors (Lipinski definition) is 4. The molecule has 2 rings (SSSR count). The van der Waals surface area contributed by atoms with Crippen molar-refractivity contribution in [1.82, 2.24) is 20.1 Å². The number of aryl methyl sites for hydroxylation is 1. The van der Waals surface area contributed by atoms with Gasteiger partial charge in [-0.15, -0.1) is 0 Å². The zero-order valence-electron chi connectivity index (χ0n) is 11.5. The molecule has 4 nitrogen and oxygen atoms in total. The minimum Gasteiger partial charge on any atom is -0.314 e. The van der Waals surface area contributed by atoms with Gasteiger partial charge in [0, 0.05) is 58.2 Å². The molecule has 1 fully saturated rings. The summed E-state index contributed by atoms with van der Waals surface area (Å²) in [5.74, 6) is 0. The molecule has 0 saturated carbocycles. The van der Waals surface area contributed by atoms with Crippen LogP contribution in [0.25, 0.3) is 0 Å². The van der Waals surface area contributed by atoms with E-state index < -0.39 is 0 Å². The van der Waals surface area contributed by atoms with Crippen LogP contribution in [0.1, 0.15) is 11.1 Å². The molecule has 0 bridgehead atoms. The van der Waals surface area contributed by atoms with Crippen molar-refractivity contribution in [2.45, 2.75) is 13.5 Å². The molecule has 0 atom stereocenters. The third-order valence-corrected chi connectivity index (χ3v) is 3.60. The minimum atomic E-state index is 0.992. The number of likely N-dealkylation sites (N-methyl/N-ethyl adjacent to an activating group) is 1. The fourth-order valence-electron chi connectivity index (χ4n) is 2.28. The first-order valence-corrected chi connectivity index (χ1v) is 6.77. The van der Waals surface area contributed by atoms with Crippen molar-refractivity contribution in [3.05, 3.63) is 29.6 Å². The van der Waals surface area contributed by atoms with Crippen LogP contribution in [0.2, 0.25) is 0 Å². The summed E-state index contributed by atoms with van der Waals surface area (Å²) >= 11 is 0. The van der Waals surface area contributed by atoms with Gasteiger partial charge >= 0.3 is 0 Å². The standard InChI is InChI=1S/C14H24N4/c1-13-3-4-16-11-14(13)12-17(2)9-10-18-7-5-15-6-8-18/h3-4,11,15H,5-10,12H2,1-2H3. The van der Waals surface area contributed by atoms with E-state index in [1.54, 1.807) is 0 Å². The Labute approximate surface area is 110 Å². The fourth-order valence-corrected chi connectivity index (χ4v) is 2.28. The maximum Gasteiger partial charge on any atom is 0.0315 e. The van der Waals surface area contributed by atoms with Crippen LogP contribution in [-0.4, -0.2) is 61.1 Å². The molecule has 0 radical (unpaired) electrons. The Bertz CT molecular complexity index is 361. The van der Waals surface area contributed by atoms with E-state index in [2.05, 4.69) is 40.1 Å². The van der Waals surface area contributed by atoms with Crippen molar-refractivity contribution in [1.29, 1.82) is 0 Å². The molecule has 0 spiro atoms. The fraction of sp³-hybridized carbons (Fsp3) is 0.643. The van der Waals surface area contributed by atoms with Crippen LogP contribution in [0.4, 0.5) is 0 Å². The largest absolute Gasteiger partial charge is 0.314 e. The van der Waals surface area contributed by atoms with Crippen LogP contribution in [0, 0.1) is 6.92 Å². The normalized spacial score (nSPS) is 17.3. The molecule has 2 heterocycles. The Morgan fingerprint density at radius 2 is 2.17 bits per heavy atom. The van der Waals surface area contributed by atoms with Gasteiger partial charge in [0.25, 0.3) is 0 Å². The van der Waals surface area contributed by atoms with Crippen molar-refractivity contribution < 1.29 is 0 Å². The third kappa shape index (κ3) is 4.05. The lowest BCUT2D eigenvalue weighted by Crippen LogP contribution is -2.45. The molecule has 1 N–H and O–H groups in total. The number of rotatable bonds is 5. The van der Waals surface area contributed by atoms with Crippen molar-refractivity contribution in [3.63, 3.8) is 0 Å². The average Bonchev–Trinajstić information content (AvgIpc) is 2.40. The molecule has 0 unspecified atom stereocenters. The monoisotopic (exact) mass is 248 g/mol. The Morgan fingerprint density at radius 1 is 1.39 bits per heavy atom. The van der Waals surface area contributed by atoms with Crippen molar-refractivity contribution >= 4 is 0 Å². The van der Waals surface area contributed by atoms with Crippen LogP contribution < -0.4 is 5.32 Å². The number of aromatic nitrogens is 1. The molecule has 1 aromatic heterocycles. The summed E-state index contributed by atoms with van der Waals surface area (Å²) in [4.78, 5) is 9.12. The number of piperazine rings is 1. The molecular weight excluding hydrogens is 224 g/mol. The number of nitrogens with one attached hydrogen (secondary N) is 1. The second kappa shape index (κ2) is 6.83. The topological polar surface area (TPSA) is 31.4 Å². The molecule has 1 saturated heterocycles. The molecule has 1 aromatic rings. The highest BCUT2D eigenvalue weighted by Crippen LogP contribution is 2.07. The van der Waals surface area contributed by atoms with E-state index in [0.29, 0.717) is 0 Å². The van der Waals surface area contributed by atoms with Gasteiger partial charge in [-0.05, 0) is 31.2 Å². The second-order valence-electron chi connectivity index (χ2n) is 5.13. The number of hydrogen-bond donors (Lipinski definition) is 1. The lowest BCUT2D eigenvalue weighted by atomic mass is 10.1. The van der Waals surface area contributed by atoms with Gasteiger partial charge in [-0.2, -0.15) is 0 Å². The predicted octanol–water partition coefficient (Wildman–Crippen LogP) is 0.727. The summed E-state index contributed by atoms with van der Waals surface area (Å²) in [6.07, 6.45) is 3.84. The average molecular weight is 248 g/mol. The Kier molecular flexibility index (Phi) is 5.11. The highest BCUT2D eigenvalue weighted by Gasteiger charge is 2.10. The van der Waals surface area contributed by atoms with Gasteiger partial charge in [-0.1, -0.05) is 0 Å². The molecule has 4 heteroatoms. The second-order valence-corrected chi connectivity index (χ2v) is 5.13. The van der Waals surface area contributed by atoms with Gasteiger partial charge in [0.15, 0.2) is 0 Å². The van der Waals surface area contributed by atoms with Crippen LogP contribution in [0.5, 0.6) is 0 Å². The summed E-state index contributed by atoms with van der Waals surface area (Å²) < 4.78 is 0. The molecule has 0 aliphatic carbocycles. The summed E-state index contributed by atoms with van der Waals surface area (Å²) in [6.45, 7) is 10.1. The van der Waals surface area contributed by atoms with Gasteiger partial charge in [0.1, 0.15) is 0 Å². The lowest BCUT2D eigenvalue weighted by Gasteiger charge is -2.29. The first-order chi connectivity index (χ1) is 8.75. The Balaban J connectivity index is 1.74. The quantitative estimate of drug-likeness (QED) is 0.832. The van der Waals surface area contributed by atoms with E-state index in [-0.39, 0.29) is 0 Å². The maximum atomic E-state index is 4.20. The van der Waals surface area contributed by atoms with Crippen LogP contribution in [0.3, 0.4) is 0 Å². The van der Waals surface area contributed by atoms with Gasteiger partial charge in [-0.3, -0.25) is 9.88 Å². The third-order valence-electron chi connectivity index (χ3n) is 3.60. The maximum absolute atomic E-state index is 4.20. The molecule has 0 aromatic carbocycles. The summed E-state index contributed by atoms with van der Waals surface area (Å²) in [7, 11) is 2.19. The van der Waals surface area contributed by atoms with Crippen LogP contribution >= 0.6 is 0 Å². The van der Waals surface area contributed by atoms with E-state index in [1.165, 1.54) is 24.2 Å². The molecule has 1 aliphatic heterocycles. The van der Waals surface area contributed by atoms with E-state index in [1.807, 2.05) is 12.4 Å². The predicted molar refractivity (Wildman–Crippen MR) is 74.6 cm³/mol. The molecular formula is C14H24N4. The Hall–Kier alpha value is -0.970. The van der Waals surface area contributed by atoms with Crippen molar-refractivity contribution in [2.75, 3.05) is 46.3 Å². The summed E-state index contributed by atoms with van der Waals surface area (Å²) in [5.41, 5.74) is 2.67. The van der Waals surface area contributed by atoms with Gasteiger partial charge in [-0.25, -0.2) is 0 Å². The molecule has 0 amide bonds. The highest BCUT2D eigenvalue weighted by molar-refractivity contribution is 5.21. The minimum absolute atomic E-state index is 0.992. The lowest BCUT2D eigenvalue weighted by molar-refractivity contribution is 0.202. The van der Waals surface area contributed by atoms with Gasteiger partial charge in [0.05, 0.1) is 0 Å². The first-order valence-electron chi connectivity index (χ1n) is 6.77. The van der Waals surface area contributed by atoms with E-state index >= 15 is 0 Å². The van der Waals surface area contributed by atoms with Crippen LogP contribution in [-0.2, 0) is 6.54 Å². The molecule has 18 heavy (non-hydrogen) atoms. The summed E-state index contributed by atoms with van der Waals surface area (Å²) in [5, 5.41) is 3.39. The van der Waals surface area contributed by atoms with Gasteiger partial charge in [0.2, 0.25) is 0 Å². The summed E-state index contributed by atoms with van der Waals surface area (Å²) in [6, 6.07) is 2.08. The zero-order valence-corrected chi connectivity index (χ0v) is 11.5. The van der Waals surface area contributed by atoms with E-state index in [4.69, 9.17) is 0 Å². The smallest absolute Gasteiger partial charge is 0.0315 e. The molecule has 100 valence electrons. The van der Waals surface area contributed by atoms with E-state index in [9.17, 15) is 0 Å². The molecule has 1 aliphatic rings. The number of nitrogens with zero attached hydrogens (tertiary/aromatic N) is 3. The van der Waals surface area contributed by atoms with Crippen molar-refractivity contribution in [2.24, 2.45) is 0 Å². The Morgan fingerprint density at radius 3 is 2.89 bits per heavy atom. The zero-order chi connectivity index (χ0) is 12.8. The van der Waals surface area contributed by atoms with E-state index in [0.717, 1.165) is 32.7 Å². The van der Waals surface area contributed by atoms with Gasteiger partial charge < -0.3 is 10.2 Å². The number of pyridine rings is 1. The van der Waals surface area contributed by atoms with Crippen molar-refractivity contribution in [3.8, 4) is 0 Å². The van der Waals surface area contributed by atoms with Crippen LogP contribution in [0.15, 0.2) is 18.5 Å².